The van der Waals surface area contributed by atoms with Gasteiger partial charge in [0.15, 0.2) is 5.78 Å². The fourth-order valence-electron chi connectivity index (χ4n) is 2.97. The van der Waals surface area contributed by atoms with Crippen molar-refractivity contribution < 1.29 is 48.0 Å². The van der Waals surface area contributed by atoms with Gasteiger partial charge in [0.1, 0.15) is 17.4 Å². The van der Waals surface area contributed by atoms with E-state index in [-0.39, 0.29) is 0 Å². The van der Waals surface area contributed by atoms with Gasteiger partial charge in [0.2, 0.25) is 0 Å². The lowest BCUT2D eigenvalue weighted by Gasteiger charge is -2.43. The first-order valence-corrected chi connectivity index (χ1v) is 7.24. The second kappa shape index (κ2) is 8.06. The van der Waals surface area contributed by atoms with Gasteiger partial charge in [-0.3, -0.25) is 24.0 Å². The van der Waals surface area contributed by atoms with Gasteiger partial charge < -0.3 is 24.1 Å². The number of rotatable bonds is 5. The molecule has 1 aliphatic rings. The number of esters is 4. The van der Waals surface area contributed by atoms with Gasteiger partial charge in [-0.15, -0.1) is 0 Å². The van der Waals surface area contributed by atoms with Crippen LogP contribution in [-0.4, -0.2) is 68.8 Å². The maximum atomic E-state index is 12.6. The Morgan fingerprint density at radius 3 is 1.92 bits per heavy atom. The maximum Gasteiger partial charge on any atom is 0.319 e. The van der Waals surface area contributed by atoms with Crippen LogP contribution in [0.2, 0.25) is 0 Å². The summed E-state index contributed by atoms with van der Waals surface area (Å²) in [6, 6.07) is 0. The Balaban J connectivity index is 3.50. The van der Waals surface area contributed by atoms with Gasteiger partial charge in [-0.05, 0) is 6.42 Å². The third kappa shape index (κ3) is 3.78. The molecule has 0 aromatic heterocycles. The van der Waals surface area contributed by atoms with Crippen LogP contribution < -0.4 is 0 Å². The van der Waals surface area contributed by atoms with Crippen LogP contribution in [0.5, 0.6) is 0 Å². The van der Waals surface area contributed by atoms with Crippen molar-refractivity contribution in [1.29, 1.82) is 0 Å². The van der Waals surface area contributed by atoms with E-state index >= 15 is 0 Å². The number of carbonyl (C=O) groups is 5. The van der Waals surface area contributed by atoms with Gasteiger partial charge >= 0.3 is 23.9 Å². The molecule has 1 rings (SSSR count). The second-order valence-corrected chi connectivity index (χ2v) is 5.49. The fraction of sp³-hybridized carbons (Fsp3) is 0.667. The molecule has 0 aliphatic heterocycles. The van der Waals surface area contributed by atoms with Gasteiger partial charge in [0.25, 0.3) is 0 Å². The van der Waals surface area contributed by atoms with Crippen molar-refractivity contribution in [2.45, 2.75) is 18.4 Å². The fourth-order valence-corrected chi connectivity index (χ4v) is 2.97. The number of hydrogen-bond donors (Lipinski definition) is 1. The first kappa shape index (κ1) is 20.6. The van der Waals surface area contributed by atoms with Crippen molar-refractivity contribution in [3.8, 4) is 0 Å². The van der Waals surface area contributed by atoms with Crippen LogP contribution in [0.3, 0.4) is 0 Å². The maximum absolute atomic E-state index is 12.6. The predicted molar refractivity (Wildman–Crippen MR) is 77.7 cm³/mol. The van der Waals surface area contributed by atoms with Crippen LogP contribution in [0, 0.1) is 17.8 Å². The first-order valence-electron chi connectivity index (χ1n) is 7.24. The summed E-state index contributed by atoms with van der Waals surface area (Å²) in [7, 11) is 4.06. The molecule has 0 heterocycles. The van der Waals surface area contributed by atoms with E-state index in [9.17, 15) is 29.1 Å². The van der Waals surface area contributed by atoms with E-state index in [1.807, 2.05) is 0 Å². The Kier molecular flexibility index (Phi) is 6.63. The molecular formula is C15H20O10. The third-order valence-corrected chi connectivity index (χ3v) is 4.27. The number of ether oxygens (including phenoxy) is 4. The van der Waals surface area contributed by atoms with Gasteiger partial charge in [-0.1, -0.05) is 0 Å². The molecule has 10 heteroatoms. The summed E-state index contributed by atoms with van der Waals surface area (Å²) in [5.74, 6) is -10.1. The molecule has 0 aromatic rings. The minimum absolute atomic E-state index is 0.487. The Hall–Kier alpha value is -2.49. The average Bonchev–Trinajstić information content (AvgIpc) is 2.59. The zero-order chi connectivity index (χ0) is 19.4. The second-order valence-electron chi connectivity index (χ2n) is 5.49. The van der Waals surface area contributed by atoms with Gasteiger partial charge in [-0.25, -0.2) is 0 Å². The molecule has 0 amide bonds. The van der Waals surface area contributed by atoms with E-state index < -0.39 is 65.9 Å². The van der Waals surface area contributed by atoms with E-state index in [2.05, 4.69) is 18.9 Å². The highest BCUT2D eigenvalue weighted by atomic mass is 16.5. The molecule has 1 fully saturated rings. The van der Waals surface area contributed by atoms with Crippen LogP contribution in [0.15, 0.2) is 0 Å². The van der Waals surface area contributed by atoms with Gasteiger partial charge in [0.05, 0.1) is 40.8 Å². The van der Waals surface area contributed by atoms with Crippen LogP contribution in [0.4, 0.5) is 0 Å². The number of Topliss-reactive ketones (excluding diaryl/α,β-unsaturated/α-hetero) is 1. The lowest BCUT2D eigenvalue weighted by Crippen LogP contribution is -2.62. The monoisotopic (exact) mass is 360 g/mol. The number of hydrogen-bond acceptors (Lipinski definition) is 10. The Morgan fingerprint density at radius 2 is 1.48 bits per heavy atom. The number of aliphatic hydroxyl groups is 1. The quantitative estimate of drug-likeness (QED) is 0.354. The van der Waals surface area contributed by atoms with Crippen LogP contribution >= 0.6 is 0 Å². The molecule has 140 valence electrons. The van der Waals surface area contributed by atoms with Gasteiger partial charge in [-0.2, -0.15) is 0 Å². The number of carbonyl (C=O) groups excluding carboxylic acids is 5. The molecule has 1 N–H and O–H groups in total. The first-order chi connectivity index (χ1) is 11.7. The predicted octanol–water partition coefficient (Wildman–Crippen LogP) is -1.38. The zero-order valence-corrected chi connectivity index (χ0v) is 14.3. The Bertz CT molecular complexity index is 583. The van der Waals surface area contributed by atoms with Crippen molar-refractivity contribution in [3.05, 3.63) is 0 Å². The lowest BCUT2D eigenvalue weighted by atomic mass is 9.62. The third-order valence-electron chi connectivity index (χ3n) is 4.27. The molecule has 0 spiro atoms. The molecular weight excluding hydrogens is 340 g/mol. The molecule has 25 heavy (non-hydrogen) atoms. The topological polar surface area (TPSA) is 142 Å². The standard InChI is InChI=1S/C15H20O10/c1-22-9(16)6-15(21)8(13(19)24-3)5-7(12(18)23-2)11(17)10(15)14(20)25-4/h7-8,10,21H,5-6H2,1-4H3. The highest BCUT2D eigenvalue weighted by molar-refractivity contribution is 6.11. The molecule has 0 aromatic carbocycles. The SMILES string of the molecule is COC(=O)CC1(O)C(C(=O)OC)CC(C(=O)OC)C(=O)C1C(=O)OC. The summed E-state index contributed by atoms with van der Waals surface area (Å²) in [5, 5.41) is 11.0. The molecule has 0 bridgehead atoms. The van der Waals surface area contributed by atoms with Crippen LogP contribution in [0.25, 0.3) is 0 Å². The number of methoxy groups -OCH3 is 4. The molecule has 0 saturated heterocycles. The molecule has 4 unspecified atom stereocenters. The van der Waals surface area contributed by atoms with E-state index in [1.54, 1.807) is 0 Å². The average molecular weight is 360 g/mol. The normalized spacial score (nSPS) is 28.7. The van der Waals surface area contributed by atoms with Crippen molar-refractivity contribution in [2.24, 2.45) is 17.8 Å². The highest BCUT2D eigenvalue weighted by Gasteiger charge is 2.62. The minimum Gasteiger partial charge on any atom is -0.469 e. The smallest absolute Gasteiger partial charge is 0.319 e. The summed E-state index contributed by atoms with van der Waals surface area (Å²) in [4.78, 5) is 60.4. The van der Waals surface area contributed by atoms with E-state index in [0.29, 0.717) is 0 Å². The Labute approximate surface area is 143 Å². The molecule has 1 saturated carbocycles. The number of ketones is 1. The molecule has 0 radical (unpaired) electrons. The summed E-state index contributed by atoms with van der Waals surface area (Å²) in [6.07, 6.45) is -1.33. The molecule has 4 atom stereocenters. The lowest BCUT2D eigenvalue weighted by molar-refractivity contribution is -0.189. The summed E-state index contributed by atoms with van der Waals surface area (Å²) < 4.78 is 18.1. The Morgan fingerprint density at radius 1 is 0.960 bits per heavy atom. The van der Waals surface area contributed by atoms with E-state index in [4.69, 9.17) is 0 Å². The minimum atomic E-state index is -2.46. The summed E-state index contributed by atoms with van der Waals surface area (Å²) in [6.45, 7) is 0. The summed E-state index contributed by atoms with van der Waals surface area (Å²) >= 11 is 0. The van der Waals surface area contributed by atoms with Crippen molar-refractivity contribution >= 4 is 29.7 Å². The van der Waals surface area contributed by atoms with E-state index in [1.165, 1.54) is 0 Å². The largest absolute Gasteiger partial charge is 0.469 e. The van der Waals surface area contributed by atoms with Crippen molar-refractivity contribution in [3.63, 3.8) is 0 Å². The van der Waals surface area contributed by atoms with E-state index in [0.717, 1.165) is 28.4 Å². The van der Waals surface area contributed by atoms with Crippen molar-refractivity contribution in [1.82, 2.24) is 0 Å². The molecule has 1 aliphatic carbocycles. The zero-order valence-electron chi connectivity index (χ0n) is 14.3. The van der Waals surface area contributed by atoms with Crippen molar-refractivity contribution in [2.75, 3.05) is 28.4 Å². The highest BCUT2D eigenvalue weighted by Crippen LogP contribution is 2.43. The van der Waals surface area contributed by atoms with Gasteiger partial charge in [0, 0.05) is 0 Å². The summed E-state index contributed by atoms with van der Waals surface area (Å²) in [5.41, 5.74) is -2.46. The molecule has 10 nitrogen and oxygen atoms in total. The van der Waals surface area contributed by atoms with Crippen LogP contribution in [-0.2, 0) is 42.9 Å². The van der Waals surface area contributed by atoms with Crippen LogP contribution in [0.1, 0.15) is 12.8 Å².